The van der Waals surface area contributed by atoms with E-state index in [1.807, 2.05) is 0 Å². The molecule has 1 heterocycles. The van der Waals surface area contributed by atoms with Crippen molar-refractivity contribution in [3.8, 4) is 0 Å². The van der Waals surface area contributed by atoms with Gasteiger partial charge in [0.15, 0.2) is 0 Å². The highest BCUT2D eigenvalue weighted by molar-refractivity contribution is 6.23. The summed E-state index contributed by atoms with van der Waals surface area (Å²) >= 11 is 0. The maximum Gasteiger partial charge on any atom is 0.337 e. The van der Waals surface area contributed by atoms with Crippen LogP contribution in [0.5, 0.6) is 0 Å². The zero-order chi connectivity index (χ0) is 20.4. The number of nitrogens with zero attached hydrogens (tertiary/aromatic N) is 2. The molecule has 10 nitrogen and oxygen atoms in total. The fourth-order valence-corrected chi connectivity index (χ4v) is 2.69. The lowest BCUT2D eigenvalue weighted by atomic mass is 10.1. The average molecular weight is 383 g/mol. The predicted molar refractivity (Wildman–Crippen MR) is 94.9 cm³/mol. The molecule has 142 valence electrons. The first-order valence-corrected chi connectivity index (χ1v) is 7.94. The molecule has 3 amide bonds. The van der Waals surface area contributed by atoms with Crippen LogP contribution in [0.15, 0.2) is 42.5 Å². The molecule has 1 aliphatic heterocycles. The maximum atomic E-state index is 12.4. The summed E-state index contributed by atoms with van der Waals surface area (Å²) in [5.74, 6) is -2.65. The van der Waals surface area contributed by atoms with Crippen molar-refractivity contribution < 1.29 is 28.8 Å². The average Bonchev–Trinajstić information content (AvgIpc) is 2.92. The van der Waals surface area contributed by atoms with E-state index in [0.29, 0.717) is 16.2 Å². The van der Waals surface area contributed by atoms with Gasteiger partial charge < -0.3 is 10.1 Å². The summed E-state index contributed by atoms with van der Waals surface area (Å²) in [6.07, 6.45) is 0. The molecule has 0 radical (unpaired) electrons. The number of anilines is 1. The number of carbonyl (C=O) groups excluding carboxylic acids is 4. The minimum Gasteiger partial charge on any atom is -0.465 e. The third-order valence-electron chi connectivity index (χ3n) is 4.06. The summed E-state index contributed by atoms with van der Waals surface area (Å²) < 4.78 is 4.57. The van der Waals surface area contributed by atoms with E-state index >= 15 is 0 Å². The fourth-order valence-electron chi connectivity index (χ4n) is 2.69. The summed E-state index contributed by atoms with van der Waals surface area (Å²) in [5.41, 5.74) is 0.213. The van der Waals surface area contributed by atoms with Crippen LogP contribution in [0.1, 0.15) is 31.1 Å². The van der Waals surface area contributed by atoms with Crippen molar-refractivity contribution in [1.82, 2.24) is 4.90 Å². The van der Waals surface area contributed by atoms with Gasteiger partial charge in [0.05, 0.1) is 28.7 Å². The highest BCUT2D eigenvalue weighted by Crippen LogP contribution is 2.26. The summed E-state index contributed by atoms with van der Waals surface area (Å²) in [4.78, 5) is 59.2. The second kappa shape index (κ2) is 7.27. The van der Waals surface area contributed by atoms with Gasteiger partial charge in [-0.1, -0.05) is 0 Å². The molecule has 0 aliphatic carbocycles. The molecule has 0 unspecified atom stereocenters. The molecular formula is C18H13N3O7. The van der Waals surface area contributed by atoms with Gasteiger partial charge in [-0.25, -0.2) is 4.79 Å². The van der Waals surface area contributed by atoms with E-state index in [2.05, 4.69) is 10.1 Å². The molecule has 0 atom stereocenters. The predicted octanol–water partition coefficient (Wildman–Crippen LogP) is 1.62. The van der Waals surface area contributed by atoms with Crippen molar-refractivity contribution in [2.45, 2.75) is 0 Å². The molecule has 0 spiro atoms. The number of methoxy groups -OCH3 is 1. The molecule has 10 heteroatoms. The summed E-state index contributed by atoms with van der Waals surface area (Å²) in [7, 11) is 1.24. The Balaban J connectivity index is 1.70. The third kappa shape index (κ3) is 3.43. The number of ether oxygens (including phenoxy) is 1. The van der Waals surface area contributed by atoms with Gasteiger partial charge in [0, 0.05) is 17.8 Å². The van der Waals surface area contributed by atoms with Crippen LogP contribution in [0.3, 0.4) is 0 Å². The Labute approximate surface area is 157 Å². The van der Waals surface area contributed by atoms with E-state index < -0.39 is 35.2 Å². The number of rotatable bonds is 5. The van der Waals surface area contributed by atoms with Crippen molar-refractivity contribution in [2.24, 2.45) is 0 Å². The fraction of sp³-hybridized carbons (Fsp3) is 0.111. The Morgan fingerprint density at radius 3 is 2.32 bits per heavy atom. The van der Waals surface area contributed by atoms with Gasteiger partial charge in [-0.2, -0.15) is 0 Å². The zero-order valence-electron chi connectivity index (χ0n) is 14.5. The number of non-ortho nitro benzene ring substituents is 1. The van der Waals surface area contributed by atoms with Crippen LogP contribution in [0.2, 0.25) is 0 Å². The number of nitrogens with one attached hydrogen (secondary N) is 1. The normalized spacial score (nSPS) is 12.5. The van der Waals surface area contributed by atoms with Crippen molar-refractivity contribution in [1.29, 1.82) is 0 Å². The Kier molecular flexibility index (Phi) is 4.86. The lowest BCUT2D eigenvalue weighted by Gasteiger charge is -2.13. The van der Waals surface area contributed by atoms with Crippen LogP contribution in [-0.4, -0.2) is 47.2 Å². The number of fused-ring (bicyclic) bond motifs is 1. The molecule has 2 aromatic carbocycles. The van der Waals surface area contributed by atoms with Crippen LogP contribution >= 0.6 is 0 Å². The van der Waals surface area contributed by atoms with Crippen LogP contribution in [0.25, 0.3) is 0 Å². The summed E-state index contributed by atoms with van der Waals surface area (Å²) in [5, 5.41) is 13.3. The first-order valence-electron chi connectivity index (χ1n) is 7.94. The highest BCUT2D eigenvalue weighted by Gasteiger charge is 2.37. The number of nitro groups is 1. The van der Waals surface area contributed by atoms with E-state index in [1.54, 1.807) is 0 Å². The van der Waals surface area contributed by atoms with E-state index in [9.17, 15) is 29.3 Å². The largest absolute Gasteiger partial charge is 0.465 e. The number of nitro benzene ring substituents is 1. The third-order valence-corrected chi connectivity index (χ3v) is 4.06. The minimum atomic E-state index is -0.778. The zero-order valence-corrected chi connectivity index (χ0v) is 14.5. The number of benzene rings is 2. The Morgan fingerprint density at radius 2 is 1.71 bits per heavy atom. The van der Waals surface area contributed by atoms with Crippen molar-refractivity contribution in [3.63, 3.8) is 0 Å². The molecule has 1 N–H and O–H groups in total. The summed E-state index contributed by atoms with van der Waals surface area (Å²) in [6.45, 7) is -0.557. The highest BCUT2D eigenvalue weighted by atomic mass is 16.6. The smallest absolute Gasteiger partial charge is 0.337 e. The van der Waals surface area contributed by atoms with E-state index in [-0.39, 0.29) is 16.8 Å². The Morgan fingerprint density at radius 1 is 1.07 bits per heavy atom. The molecule has 0 aromatic heterocycles. The number of amides is 3. The molecular weight excluding hydrogens is 370 g/mol. The Hall–Kier alpha value is -4.08. The van der Waals surface area contributed by atoms with Gasteiger partial charge in [-0.05, 0) is 30.3 Å². The van der Waals surface area contributed by atoms with Gasteiger partial charge in [0.2, 0.25) is 5.91 Å². The number of imide groups is 1. The number of carbonyl (C=O) groups is 4. The lowest BCUT2D eigenvalue weighted by molar-refractivity contribution is -0.384. The lowest BCUT2D eigenvalue weighted by Crippen LogP contribution is -2.37. The van der Waals surface area contributed by atoms with E-state index in [4.69, 9.17) is 0 Å². The second-order valence-corrected chi connectivity index (χ2v) is 5.80. The topological polar surface area (TPSA) is 136 Å². The number of hydrogen-bond acceptors (Lipinski definition) is 7. The first-order chi connectivity index (χ1) is 13.3. The van der Waals surface area contributed by atoms with Gasteiger partial charge in [0.1, 0.15) is 6.54 Å². The molecule has 0 fully saturated rings. The van der Waals surface area contributed by atoms with Crippen molar-refractivity contribution in [3.05, 3.63) is 69.3 Å². The Bertz CT molecular complexity index is 1010. The van der Waals surface area contributed by atoms with Crippen LogP contribution in [-0.2, 0) is 9.53 Å². The van der Waals surface area contributed by atoms with Gasteiger partial charge in [-0.15, -0.1) is 0 Å². The molecule has 3 rings (SSSR count). The number of esters is 1. The van der Waals surface area contributed by atoms with Gasteiger partial charge >= 0.3 is 5.97 Å². The van der Waals surface area contributed by atoms with Crippen molar-refractivity contribution in [2.75, 3.05) is 19.0 Å². The standard InChI is InChI=1S/C18H13N3O7/c1-28-18(25)10-2-4-11(5-3-10)19-15(22)9-20-16(23)13-7-6-12(21(26)27)8-14(13)17(20)24/h2-8H,9H2,1H3,(H,19,22). The van der Waals surface area contributed by atoms with Crippen LogP contribution in [0, 0.1) is 10.1 Å². The molecule has 1 aliphatic rings. The molecule has 0 saturated heterocycles. The maximum absolute atomic E-state index is 12.4. The van der Waals surface area contributed by atoms with Crippen LogP contribution in [0.4, 0.5) is 11.4 Å². The first kappa shape index (κ1) is 18.7. The van der Waals surface area contributed by atoms with Gasteiger partial charge in [0.25, 0.3) is 17.5 Å². The van der Waals surface area contributed by atoms with Gasteiger partial charge in [-0.3, -0.25) is 29.4 Å². The van der Waals surface area contributed by atoms with E-state index in [1.165, 1.54) is 37.4 Å². The number of hydrogen-bond donors (Lipinski definition) is 1. The quantitative estimate of drug-likeness (QED) is 0.358. The minimum absolute atomic E-state index is 0.00540. The molecule has 28 heavy (non-hydrogen) atoms. The molecule has 0 saturated carbocycles. The SMILES string of the molecule is COC(=O)c1ccc(NC(=O)CN2C(=O)c3ccc([N+](=O)[O-])cc3C2=O)cc1. The molecule has 2 aromatic rings. The van der Waals surface area contributed by atoms with Crippen molar-refractivity contribution >= 4 is 35.1 Å². The summed E-state index contributed by atoms with van der Waals surface area (Å²) in [6, 6.07) is 9.16. The second-order valence-electron chi connectivity index (χ2n) is 5.80. The monoisotopic (exact) mass is 383 g/mol. The van der Waals surface area contributed by atoms with E-state index in [0.717, 1.165) is 12.1 Å². The molecule has 0 bridgehead atoms. The van der Waals surface area contributed by atoms with Crippen LogP contribution < -0.4 is 5.32 Å².